The van der Waals surface area contributed by atoms with Crippen LogP contribution in [0.25, 0.3) is 0 Å². The number of halogens is 2. The van der Waals surface area contributed by atoms with E-state index >= 15 is 0 Å². The zero-order valence-electron chi connectivity index (χ0n) is 17.8. The van der Waals surface area contributed by atoms with Gasteiger partial charge in [0, 0.05) is 25.5 Å². The first-order valence-electron chi connectivity index (χ1n) is 10.2. The molecule has 0 bridgehead atoms. The third-order valence-electron chi connectivity index (χ3n) is 4.52. The number of nitrogens with one attached hydrogen (secondary N) is 2. The molecule has 1 aromatic heterocycles. The molecule has 0 aliphatic rings. The van der Waals surface area contributed by atoms with Crippen LogP contribution in [0.1, 0.15) is 30.5 Å². The number of aromatic nitrogens is 2. The number of guanidine groups is 1. The molecule has 2 N–H and O–H groups in total. The molecule has 166 valence electrons. The summed E-state index contributed by atoms with van der Waals surface area (Å²) in [6, 6.07) is 15.1. The lowest BCUT2D eigenvalue weighted by atomic mass is 10.1. The lowest BCUT2D eigenvalue weighted by Crippen LogP contribution is -2.37. The minimum atomic E-state index is -0.366. The SMILES string of the molecule is CCNC(=NCc1ccc(OCC)c(F)c1)NCc1ccccc1Cn1cccn1.I. The van der Waals surface area contributed by atoms with Crippen LogP contribution < -0.4 is 15.4 Å². The van der Waals surface area contributed by atoms with Crippen LogP contribution in [0.2, 0.25) is 0 Å². The minimum Gasteiger partial charge on any atom is -0.491 e. The van der Waals surface area contributed by atoms with Crippen molar-refractivity contribution in [3.63, 3.8) is 0 Å². The van der Waals surface area contributed by atoms with Gasteiger partial charge in [0.15, 0.2) is 17.5 Å². The van der Waals surface area contributed by atoms with Gasteiger partial charge in [-0.1, -0.05) is 30.3 Å². The molecule has 0 amide bonds. The summed E-state index contributed by atoms with van der Waals surface area (Å²) in [5, 5.41) is 10.9. The Labute approximate surface area is 199 Å². The van der Waals surface area contributed by atoms with Crippen molar-refractivity contribution in [3.8, 4) is 5.75 Å². The summed E-state index contributed by atoms with van der Waals surface area (Å²) in [5.74, 6) is 0.583. The standard InChI is InChI=1S/C23H28FN5O.HI/c1-3-25-23(26-15-18-10-11-22(30-4-2)21(24)14-18)27-16-19-8-5-6-9-20(19)17-29-13-7-12-28-29;/h5-14H,3-4,15-17H2,1-2H3,(H2,25,26,27);1H. The second-order valence-corrected chi connectivity index (χ2v) is 6.72. The highest BCUT2D eigenvalue weighted by molar-refractivity contribution is 14.0. The molecular formula is C23H29FIN5O. The molecule has 3 rings (SSSR count). The summed E-state index contributed by atoms with van der Waals surface area (Å²) in [6.07, 6.45) is 3.73. The van der Waals surface area contributed by atoms with E-state index in [1.807, 2.05) is 49.0 Å². The van der Waals surface area contributed by atoms with Crippen LogP contribution in [-0.4, -0.2) is 28.9 Å². The van der Waals surface area contributed by atoms with Crippen molar-refractivity contribution < 1.29 is 9.13 Å². The Hall–Kier alpha value is -2.62. The van der Waals surface area contributed by atoms with Crippen molar-refractivity contribution in [2.24, 2.45) is 4.99 Å². The van der Waals surface area contributed by atoms with E-state index in [0.717, 1.165) is 12.1 Å². The first kappa shape index (κ1) is 24.6. The predicted molar refractivity (Wildman–Crippen MR) is 132 cm³/mol. The van der Waals surface area contributed by atoms with Gasteiger partial charge in [-0.2, -0.15) is 5.10 Å². The Balaban J connectivity index is 0.00000341. The van der Waals surface area contributed by atoms with Gasteiger partial charge in [-0.05, 0) is 48.7 Å². The van der Waals surface area contributed by atoms with Crippen molar-refractivity contribution in [2.45, 2.75) is 33.5 Å². The van der Waals surface area contributed by atoms with E-state index in [-0.39, 0.29) is 35.5 Å². The summed E-state index contributed by atoms with van der Waals surface area (Å²) in [5.41, 5.74) is 3.15. The molecule has 31 heavy (non-hydrogen) atoms. The number of hydrogen-bond acceptors (Lipinski definition) is 3. The lowest BCUT2D eigenvalue weighted by molar-refractivity contribution is 0.321. The molecule has 0 aliphatic carbocycles. The average molecular weight is 537 g/mol. The quantitative estimate of drug-likeness (QED) is 0.242. The Bertz CT molecular complexity index is 962. The van der Waals surface area contributed by atoms with Crippen LogP contribution in [0.15, 0.2) is 65.9 Å². The van der Waals surface area contributed by atoms with Crippen LogP contribution in [0.3, 0.4) is 0 Å². The first-order valence-corrected chi connectivity index (χ1v) is 10.2. The number of hydrogen-bond donors (Lipinski definition) is 2. The topological polar surface area (TPSA) is 63.5 Å². The monoisotopic (exact) mass is 537 g/mol. The number of rotatable bonds is 9. The maximum atomic E-state index is 14.1. The highest BCUT2D eigenvalue weighted by atomic mass is 127. The summed E-state index contributed by atoms with van der Waals surface area (Å²) >= 11 is 0. The average Bonchev–Trinajstić information content (AvgIpc) is 3.26. The van der Waals surface area contributed by atoms with Crippen molar-refractivity contribution in [1.82, 2.24) is 20.4 Å². The molecule has 0 aliphatic heterocycles. The molecule has 0 unspecified atom stereocenters. The highest BCUT2D eigenvalue weighted by Crippen LogP contribution is 2.18. The smallest absolute Gasteiger partial charge is 0.191 e. The number of aliphatic imine (C=N–C) groups is 1. The van der Waals surface area contributed by atoms with Gasteiger partial charge in [-0.25, -0.2) is 9.38 Å². The lowest BCUT2D eigenvalue weighted by Gasteiger charge is -2.14. The first-order chi connectivity index (χ1) is 14.7. The number of ether oxygens (including phenoxy) is 1. The largest absolute Gasteiger partial charge is 0.491 e. The van der Waals surface area contributed by atoms with Gasteiger partial charge in [0.25, 0.3) is 0 Å². The van der Waals surface area contributed by atoms with E-state index in [0.29, 0.717) is 32.2 Å². The molecule has 8 heteroatoms. The maximum absolute atomic E-state index is 14.1. The maximum Gasteiger partial charge on any atom is 0.191 e. The van der Waals surface area contributed by atoms with Gasteiger partial charge in [-0.15, -0.1) is 24.0 Å². The van der Waals surface area contributed by atoms with E-state index in [1.165, 1.54) is 17.2 Å². The van der Waals surface area contributed by atoms with Gasteiger partial charge in [0.2, 0.25) is 0 Å². The summed E-state index contributed by atoms with van der Waals surface area (Å²) in [7, 11) is 0. The van der Waals surface area contributed by atoms with Gasteiger partial charge >= 0.3 is 0 Å². The van der Waals surface area contributed by atoms with E-state index < -0.39 is 0 Å². The molecule has 0 atom stereocenters. The molecular weight excluding hydrogens is 508 g/mol. The fourth-order valence-corrected chi connectivity index (χ4v) is 3.06. The molecule has 0 fully saturated rings. The molecule has 3 aromatic rings. The van der Waals surface area contributed by atoms with Crippen LogP contribution in [0.5, 0.6) is 5.75 Å². The molecule has 6 nitrogen and oxygen atoms in total. The third kappa shape index (κ3) is 7.54. The molecule has 2 aromatic carbocycles. The normalized spacial score (nSPS) is 11.0. The van der Waals surface area contributed by atoms with Gasteiger partial charge < -0.3 is 15.4 Å². The van der Waals surface area contributed by atoms with E-state index in [2.05, 4.69) is 32.9 Å². The second kappa shape index (κ2) is 12.9. The Morgan fingerprint density at radius 1 is 1.10 bits per heavy atom. The Kier molecular flexibility index (Phi) is 10.3. The van der Waals surface area contributed by atoms with Crippen molar-refractivity contribution in [1.29, 1.82) is 0 Å². The fraction of sp³-hybridized carbons (Fsp3) is 0.304. The summed E-state index contributed by atoms with van der Waals surface area (Å²) in [4.78, 5) is 4.59. The molecule has 0 radical (unpaired) electrons. The van der Waals surface area contributed by atoms with Gasteiger partial charge in [-0.3, -0.25) is 4.68 Å². The van der Waals surface area contributed by atoms with Gasteiger partial charge in [0.05, 0.1) is 19.7 Å². The molecule has 0 saturated carbocycles. The molecule has 1 heterocycles. The second-order valence-electron chi connectivity index (χ2n) is 6.72. The highest BCUT2D eigenvalue weighted by Gasteiger charge is 2.06. The molecule has 0 saturated heterocycles. The predicted octanol–water partition coefficient (Wildman–Crippen LogP) is 4.34. The Morgan fingerprint density at radius 3 is 2.58 bits per heavy atom. The van der Waals surface area contributed by atoms with E-state index in [4.69, 9.17) is 4.74 Å². The van der Waals surface area contributed by atoms with Crippen LogP contribution in [0, 0.1) is 5.82 Å². The van der Waals surface area contributed by atoms with Crippen LogP contribution in [-0.2, 0) is 19.6 Å². The van der Waals surface area contributed by atoms with Gasteiger partial charge in [0.1, 0.15) is 0 Å². The van der Waals surface area contributed by atoms with Crippen molar-refractivity contribution in [3.05, 3.63) is 83.4 Å². The zero-order chi connectivity index (χ0) is 21.2. The minimum absolute atomic E-state index is 0. The van der Waals surface area contributed by atoms with E-state index in [9.17, 15) is 4.39 Å². The molecule has 0 spiro atoms. The van der Waals surface area contributed by atoms with Crippen molar-refractivity contribution >= 4 is 29.9 Å². The summed E-state index contributed by atoms with van der Waals surface area (Å²) < 4.78 is 21.2. The van der Waals surface area contributed by atoms with Crippen LogP contribution >= 0.6 is 24.0 Å². The fourth-order valence-electron chi connectivity index (χ4n) is 3.06. The number of benzene rings is 2. The summed E-state index contributed by atoms with van der Waals surface area (Å²) in [6.45, 7) is 6.72. The number of nitrogens with zero attached hydrogens (tertiary/aromatic N) is 3. The third-order valence-corrected chi connectivity index (χ3v) is 4.52. The van der Waals surface area contributed by atoms with Crippen LogP contribution in [0.4, 0.5) is 4.39 Å². The zero-order valence-corrected chi connectivity index (χ0v) is 20.2. The Morgan fingerprint density at radius 2 is 1.90 bits per heavy atom. The van der Waals surface area contributed by atoms with E-state index in [1.54, 1.807) is 12.3 Å². The van der Waals surface area contributed by atoms with Crippen molar-refractivity contribution in [2.75, 3.05) is 13.2 Å².